The third-order valence-electron chi connectivity index (χ3n) is 2.64. The van der Waals surface area contributed by atoms with Gasteiger partial charge in [-0.15, -0.1) is 0 Å². The lowest BCUT2D eigenvalue weighted by Crippen LogP contribution is -2.18. The van der Waals surface area contributed by atoms with Gasteiger partial charge < -0.3 is 19.5 Å². The zero-order valence-electron chi connectivity index (χ0n) is 13.0. The fraction of sp³-hybridized carbons (Fsp3) is 0.500. The summed E-state index contributed by atoms with van der Waals surface area (Å²) in [5.74, 6) is 1.47. The Morgan fingerprint density at radius 2 is 2.10 bits per heavy atom. The van der Waals surface area contributed by atoms with Crippen LogP contribution in [-0.4, -0.2) is 33.5 Å². The number of rotatable bonds is 10. The Kier molecular flexibility index (Phi) is 8.42. The summed E-state index contributed by atoms with van der Waals surface area (Å²) in [5.41, 5.74) is 2.10. The van der Waals surface area contributed by atoms with Crippen molar-refractivity contribution in [1.29, 1.82) is 0 Å². The van der Waals surface area contributed by atoms with Gasteiger partial charge in [-0.05, 0) is 53.0 Å². The number of methoxy groups -OCH3 is 1. The summed E-state index contributed by atoms with van der Waals surface area (Å²) in [6.07, 6.45) is 0. The van der Waals surface area contributed by atoms with E-state index in [-0.39, 0.29) is 0 Å². The molecule has 1 N–H and O–H groups in total. The van der Waals surface area contributed by atoms with Gasteiger partial charge in [-0.25, -0.2) is 0 Å². The molecule has 0 saturated heterocycles. The van der Waals surface area contributed by atoms with E-state index >= 15 is 0 Å². The van der Waals surface area contributed by atoms with Gasteiger partial charge in [0.25, 0.3) is 0 Å². The summed E-state index contributed by atoms with van der Waals surface area (Å²) in [7, 11) is 1.69. The molecule has 1 aromatic carbocycles. The van der Waals surface area contributed by atoms with Crippen molar-refractivity contribution in [3.05, 3.63) is 34.3 Å². The molecule has 0 aliphatic heterocycles. The highest BCUT2D eigenvalue weighted by atomic mass is 79.9. The standard InChI is InChI=1S/C16H24BrNO3/c1-5-20-15-9-13(10-18-6-7-19-4)8-14(17)16(15)21-11-12(2)3/h8-9,18H,2,5-7,10-11H2,1,3-4H3. The third kappa shape index (κ3) is 6.50. The van der Waals surface area contributed by atoms with Gasteiger partial charge in [0.2, 0.25) is 0 Å². The minimum atomic E-state index is 0.476. The van der Waals surface area contributed by atoms with Crippen molar-refractivity contribution < 1.29 is 14.2 Å². The van der Waals surface area contributed by atoms with E-state index in [9.17, 15) is 0 Å². The average molecular weight is 358 g/mol. The van der Waals surface area contributed by atoms with Gasteiger partial charge >= 0.3 is 0 Å². The Labute approximate surface area is 135 Å². The predicted molar refractivity (Wildman–Crippen MR) is 89.2 cm³/mol. The monoisotopic (exact) mass is 357 g/mol. The molecule has 0 saturated carbocycles. The van der Waals surface area contributed by atoms with Gasteiger partial charge in [0.05, 0.1) is 17.7 Å². The summed E-state index contributed by atoms with van der Waals surface area (Å²) < 4.78 is 17.4. The van der Waals surface area contributed by atoms with E-state index in [1.54, 1.807) is 7.11 Å². The van der Waals surface area contributed by atoms with Crippen LogP contribution >= 0.6 is 15.9 Å². The minimum absolute atomic E-state index is 0.476. The van der Waals surface area contributed by atoms with Gasteiger partial charge in [-0.3, -0.25) is 0 Å². The molecule has 0 aromatic heterocycles. The number of hydrogen-bond acceptors (Lipinski definition) is 4. The van der Waals surface area contributed by atoms with Crippen molar-refractivity contribution >= 4 is 15.9 Å². The van der Waals surface area contributed by atoms with E-state index in [0.717, 1.165) is 40.2 Å². The molecule has 0 aliphatic rings. The van der Waals surface area contributed by atoms with Crippen LogP contribution in [0.2, 0.25) is 0 Å². The van der Waals surface area contributed by atoms with Crippen molar-refractivity contribution in [3.8, 4) is 11.5 Å². The lowest BCUT2D eigenvalue weighted by molar-refractivity contribution is 0.199. The summed E-state index contributed by atoms with van der Waals surface area (Å²) in [5, 5.41) is 3.31. The maximum absolute atomic E-state index is 5.77. The van der Waals surface area contributed by atoms with Crippen molar-refractivity contribution in [2.45, 2.75) is 20.4 Å². The van der Waals surface area contributed by atoms with Crippen LogP contribution in [0.25, 0.3) is 0 Å². The molecule has 0 aliphatic carbocycles. The molecule has 4 nitrogen and oxygen atoms in total. The van der Waals surface area contributed by atoms with Crippen LogP contribution in [0.1, 0.15) is 19.4 Å². The molecular weight excluding hydrogens is 334 g/mol. The number of halogens is 1. The first kappa shape index (κ1) is 18.0. The minimum Gasteiger partial charge on any atom is -0.490 e. The Morgan fingerprint density at radius 1 is 1.33 bits per heavy atom. The summed E-state index contributed by atoms with van der Waals surface area (Å²) in [6, 6.07) is 4.04. The molecule has 0 amide bonds. The molecule has 0 bridgehead atoms. The Hall–Kier alpha value is -1.04. The molecule has 1 rings (SSSR count). The quantitative estimate of drug-likeness (QED) is 0.513. The van der Waals surface area contributed by atoms with Crippen LogP contribution in [0.15, 0.2) is 28.8 Å². The summed E-state index contributed by atoms with van der Waals surface area (Å²) in [6.45, 7) is 11.1. The number of nitrogens with one attached hydrogen (secondary N) is 1. The maximum atomic E-state index is 5.77. The average Bonchev–Trinajstić information content (AvgIpc) is 2.43. The van der Waals surface area contributed by atoms with Crippen LogP contribution in [0.3, 0.4) is 0 Å². The number of ether oxygens (including phenoxy) is 3. The Balaban J connectivity index is 2.81. The largest absolute Gasteiger partial charge is 0.490 e. The Bertz CT molecular complexity index is 463. The zero-order chi connectivity index (χ0) is 15.7. The zero-order valence-corrected chi connectivity index (χ0v) is 14.6. The second kappa shape index (κ2) is 9.82. The molecule has 0 fully saturated rings. The molecule has 0 unspecified atom stereocenters. The highest BCUT2D eigenvalue weighted by Gasteiger charge is 2.12. The normalized spacial score (nSPS) is 10.5. The van der Waals surface area contributed by atoms with Crippen LogP contribution < -0.4 is 14.8 Å². The molecule has 0 heterocycles. The molecule has 5 heteroatoms. The van der Waals surface area contributed by atoms with E-state index in [0.29, 0.717) is 19.8 Å². The topological polar surface area (TPSA) is 39.7 Å². The highest BCUT2D eigenvalue weighted by Crippen LogP contribution is 2.37. The smallest absolute Gasteiger partial charge is 0.175 e. The molecule has 1 aromatic rings. The van der Waals surface area contributed by atoms with Crippen molar-refractivity contribution in [2.75, 3.05) is 33.5 Å². The third-order valence-corrected chi connectivity index (χ3v) is 3.23. The molecular formula is C16H24BrNO3. The predicted octanol–water partition coefficient (Wildman–Crippen LogP) is 3.54. The fourth-order valence-corrected chi connectivity index (χ4v) is 2.33. The first-order valence-electron chi connectivity index (χ1n) is 7.00. The van der Waals surface area contributed by atoms with Gasteiger partial charge in [-0.2, -0.15) is 0 Å². The molecule has 0 spiro atoms. The maximum Gasteiger partial charge on any atom is 0.175 e. The lowest BCUT2D eigenvalue weighted by Gasteiger charge is -2.15. The number of hydrogen-bond donors (Lipinski definition) is 1. The summed E-state index contributed by atoms with van der Waals surface area (Å²) in [4.78, 5) is 0. The van der Waals surface area contributed by atoms with Gasteiger partial charge in [0, 0.05) is 20.2 Å². The van der Waals surface area contributed by atoms with Crippen molar-refractivity contribution in [2.24, 2.45) is 0 Å². The van der Waals surface area contributed by atoms with Crippen molar-refractivity contribution in [1.82, 2.24) is 5.32 Å². The van der Waals surface area contributed by atoms with Crippen molar-refractivity contribution in [3.63, 3.8) is 0 Å². The van der Waals surface area contributed by atoms with E-state index in [1.165, 1.54) is 0 Å². The van der Waals surface area contributed by atoms with Gasteiger partial charge in [-0.1, -0.05) is 6.58 Å². The van der Waals surface area contributed by atoms with Crippen LogP contribution in [0.5, 0.6) is 11.5 Å². The lowest BCUT2D eigenvalue weighted by atomic mass is 10.2. The number of benzene rings is 1. The molecule has 118 valence electrons. The SMILES string of the molecule is C=C(C)COc1c(Br)cc(CNCCOC)cc1OCC. The van der Waals surface area contributed by atoms with Crippen LogP contribution in [-0.2, 0) is 11.3 Å². The second-order valence-electron chi connectivity index (χ2n) is 4.75. The van der Waals surface area contributed by atoms with Gasteiger partial charge in [0.15, 0.2) is 11.5 Å². The first-order chi connectivity index (χ1) is 10.1. The highest BCUT2D eigenvalue weighted by molar-refractivity contribution is 9.10. The molecule has 0 radical (unpaired) electrons. The second-order valence-corrected chi connectivity index (χ2v) is 5.61. The first-order valence-corrected chi connectivity index (χ1v) is 7.79. The van der Waals surface area contributed by atoms with E-state index < -0.39 is 0 Å². The van der Waals surface area contributed by atoms with Gasteiger partial charge in [0.1, 0.15) is 6.61 Å². The Morgan fingerprint density at radius 3 is 2.71 bits per heavy atom. The van der Waals surface area contributed by atoms with E-state index in [4.69, 9.17) is 14.2 Å². The van der Waals surface area contributed by atoms with Crippen LogP contribution in [0.4, 0.5) is 0 Å². The molecule has 0 atom stereocenters. The van der Waals surface area contributed by atoms with E-state index in [1.807, 2.05) is 26.0 Å². The van der Waals surface area contributed by atoms with E-state index in [2.05, 4.69) is 27.8 Å². The molecule has 21 heavy (non-hydrogen) atoms. The fourth-order valence-electron chi connectivity index (χ4n) is 1.73. The summed E-state index contributed by atoms with van der Waals surface area (Å²) >= 11 is 3.55. The van der Waals surface area contributed by atoms with Crippen LogP contribution in [0, 0.1) is 0 Å².